The SMILES string of the molecule is CC(=O)[O-].CC(=O)[O-].OCCN(CCO)CCO.[Cu+2]. The van der Waals surface area contributed by atoms with Gasteiger partial charge in [0.15, 0.2) is 0 Å². The molecule has 0 unspecified atom stereocenters. The molecule has 119 valence electrons. The van der Waals surface area contributed by atoms with Crippen LogP contribution in [0.1, 0.15) is 13.8 Å². The zero-order valence-electron chi connectivity index (χ0n) is 11.0. The maximum atomic E-state index is 8.89. The number of rotatable bonds is 6. The van der Waals surface area contributed by atoms with Gasteiger partial charge in [-0.15, -0.1) is 0 Å². The number of nitrogens with zero attached hydrogens (tertiary/aromatic N) is 1. The number of aliphatic hydroxyl groups is 3. The predicted molar refractivity (Wildman–Crippen MR) is 59.1 cm³/mol. The second-order valence-corrected chi connectivity index (χ2v) is 3.00. The van der Waals surface area contributed by atoms with E-state index in [0.717, 1.165) is 13.8 Å². The Labute approximate surface area is 123 Å². The van der Waals surface area contributed by atoms with Crippen molar-refractivity contribution in [1.82, 2.24) is 4.90 Å². The summed E-state index contributed by atoms with van der Waals surface area (Å²) in [5.74, 6) is -2.17. The average molecular weight is 331 g/mol. The smallest absolute Gasteiger partial charge is 0.550 e. The van der Waals surface area contributed by atoms with E-state index in [4.69, 9.17) is 35.1 Å². The van der Waals surface area contributed by atoms with Crippen LogP contribution >= 0.6 is 0 Å². The summed E-state index contributed by atoms with van der Waals surface area (Å²) in [5, 5.41) is 43.2. The number of hydrogen-bond donors (Lipinski definition) is 3. The van der Waals surface area contributed by atoms with Crippen molar-refractivity contribution in [1.29, 1.82) is 0 Å². The van der Waals surface area contributed by atoms with Gasteiger partial charge in [0, 0.05) is 31.6 Å². The Kier molecular flexibility index (Phi) is 31.7. The van der Waals surface area contributed by atoms with Gasteiger partial charge in [0.2, 0.25) is 0 Å². The average Bonchev–Trinajstić information content (AvgIpc) is 2.17. The van der Waals surface area contributed by atoms with Crippen molar-refractivity contribution in [2.75, 3.05) is 39.5 Å². The van der Waals surface area contributed by atoms with Crippen LogP contribution in [-0.2, 0) is 26.7 Å². The second-order valence-electron chi connectivity index (χ2n) is 3.00. The Hall–Kier alpha value is -0.701. The Morgan fingerprint density at radius 3 is 1.11 bits per heavy atom. The first kappa shape index (κ1) is 26.8. The van der Waals surface area contributed by atoms with Crippen molar-refractivity contribution in [3.63, 3.8) is 0 Å². The molecule has 0 aliphatic carbocycles. The van der Waals surface area contributed by atoms with Gasteiger partial charge in [-0.2, -0.15) is 0 Å². The zero-order chi connectivity index (χ0) is 15.0. The predicted octanol–water partition coefficient (Wildman–Crippen LogP) is -4.22. The van der Waals surface area contributed by atoms with Crippen LogP contribution in [0.2, 0.25) is 0 Å². The molecule has 3 N–H and O–H groups in total. The monoisotopic (exact) mass is 330 g/mol. The molecule has 0 aromatic carbocycles. The molecule has 0 heterocycles. The van der Waals surface area contributed by atoms with Crippen molar-refractivity contribution in [2.24, 2.45) is 0 Å². The van der Waals surface area contributed by atoms with Gasteiger partial charge in [-0.25, -0.2) is 0 Å². The fourth-order valence-electron chi connectivity index (χ4n) is 0.760. The van der Waals surface area contributed by atoms with Crippen LogP contribution < -0.4 is 10.2 Å². The van der Waals surface area contributed by atoms with Gasteiger partial charge < -0.3 is 35.1 Å². The van der Waals surface area contributed by atoms with E-state index in [1.165, 1.54) is 0 Å². The summed E-state index contributed by atoms with van der Waals surface area (Å²) < 4.78 is 0. The molecule has 0 fully saturated rings. The van der Waals surface area contributed by atoms with Crippen molar-refractivity contribution >= 4 is 11.9 Å². The van der Waals surface area contributed by atoms with Crippen LogP contribution in [0.5, 0.6) is 0 Å². The molecular weight excluding hydrogens is 310 g/mol. The van der Waals surface area contributed by atoms with Crippen LogP contribution in [0.4, 0.5) is 0 Å². The summed E-state index contributed by atoms with van der Waals surface area (Å²) in [6, 6.07) is 0. The van der Waals surface area contributed by atoms with E-state index in [1.807, 2.05) is 0 Å². The third kappa shape index (κ3) is 58.8. The minimum atomic E-state index is -1.08. The molecule has 8 nitrogen and oxygen atoms in total. The van der Waals surface area contributed by atoms with Gasteiger partial charge in [-0.3, -0.25) is 4.90 Å². The van der Waals surface area contributed by atoms with Crippen molar-refractivity contribution in [3.8, 4) is 0 Å². The van der Waals surface area contributed by atoms with E-state index in [0.29, 0.717) is 19.6 Å². The van der Waals surface area contributed by atoms with Crippen LogP contribution in [0, 0.1) is 0 Å². The molecule has 0 aliphatic rings. The molecule has 0 saturated heterocycles. The van der Waals surface area contributed by atoms with Gasteiger partial charge in [0.1, 0.15) is 0 Å². The number of aliphatic hydroxyl groups excluding tert-OH is 3. The molecule has 0 aromatic rings. The van der Waals surface area contributed by atoms with Crippen LogP contribution in [0.3, 0.4) is 0 Å². The Morgan fingerprint density at radius 2 is 1.00 bits per heavy atom. The first-order valence-corrected chi connectivity index (χ1v) is 5.21. The third-order valence-corrected chi connectivity index (χ3v) is 1.25. The van der Waals surface area contributed by atoms with Crippen molar-refractivity contribution in [2.45, 2.75) is 13.8 Å². The van der Waals surface area contributed by atoms with E-state index in [1.54, 1.807) is 4.90 Å². The van der Waals surface area contributed by atoms with E-state index < -0.39 is 11.9 Å². The molecule has 0 rings (SSSR count). The maximum absolute atomic E-state index is 8.89. The molecule has 0 amide bonds. The van der Waals surface area contributed by atoms with Gasteiger partial charge in [-0.1, -0.05) is 0 Å². The van der Waals surface area contributed by atoms with Gasteiger partial charge >= 0.3 is 17.1 Å². The van der Waals surface area contributed by atoms with E-state index >= 15 is 0 Å². The molecule has 1 radical (unpaired) electrons. The number of hydrogen-bond acceptors (Lipinski definition) is 8. The number of carboxylic acid groups (broad SMARTS) is 2. The van der Waals surface area contributed by atoms with Crippen molar-refractivity contribution in [3.05, 3.63) is 0 Å². The topological polar surface area (TPSA) is 144 Å². The summed E-state index contributed by atoms with van der Waals surface area (Å²) in [6.45, 7) is 3.70. The Balaban J connectivity index is -0.000000105. The molecule has 0 aliphatic heterocycles. The van der Waals surface area contributed by atoms with Gasteiger partial charge in [0.05, 0.1) is 19.8 Å². The quantitative estimate of drug-likeness (QED) is 0.415. The van der Waals surface area contributed by atoms with Gasteiger partial charge in [-0.05, 0) is 13.8 Å². The molecular formula is C10H21CuNO7. The normalized spacial score (nSPS) is 8.32. The van der Waals surface area contributed by atoms with Crippen LogP contribution in [-0.4, -0.2) is 71.6 Å². The second kappa shape index (κ2) is 22.5. The third-order valence-electron chi connectivity index (χ3n) is 1.25. The fourth-order valence-corrected chi connectivity index (χ4v) is 0.760. The minimum Gasteiger partial charge on any atom is -0.550 e. The summed E-state index contributed by atoms with van der Waals surface area (Å²) in [4.78, 5) is 19.6. The molecule has 9 heteroatoms. The maximum Gasteiger partial charge on any atom is 2.00 e. The standard InChI is InChI=1S/C6H15NO3.2C2H4O2.Cu/c8-4-1-7(2-5-9)3-6-10;2*1-2(3)4;/h8-10H,1-6H2;2*1H3,(H,3,4);/q;;;+2/p-2. The first-order valence-electron chi connectivity index (χ1n) is 5.21. The number of carbonyl (C=O) groups excluding carboxylic acids is 2. The number of carboxylic acids is 2. The number of aliphatic carboxylic acids is 2. The van der Waals surface area contributed by atoms with E-state index in [9.17, 15) is 0 Å². The molecule has 0 spiro atoms. The van der Waals surface area contributed by atoms with Gasteiger partial charge in [0.25, 0.3) is 0 Å². The Bertz CT molecular complexity index is 170. The van der Waals surface area contributed by atoms with E-state index in [-0.39, 0.29) is 36.9 Å². The minimum absolute atomic E-state index is 0. The molecule has 19 heavy (non-hydrogen) atoms. The first-order chi connectivity index (χ1) is 8.31. The van der Waals surface area contributed by atoms with Crippen LogP contribution in [0.15, 0.2) is 0 Å². The summed E-state index contributed by atoms with van der Waals surface area (Å²) >= 11 is 0. The summed E-state index contributed by atoms with van der Waals surface area (Å²) in [7, 11) is 0. The summed E-state index contributed by atoms with van der Waals surface area (Å²) in [5.41, 5.74) is 0. The van der Waals surface area contributed by atoms with E-state index in [2.05, 4.69) is 0 Å². The molecule has 0 atom stereocenters. The molecule has 0 bridgehead atoms. The summed E-state index contributed by atoms with van der Waals surface area (Å²) in [6.07, 6.45) is 0. The van der Waals surface area contributed by atoms with Crippen LogP contribution in [0.25, 0.3) is 0 Å². The molecule has 0 saturated carbocycles. The fraction of sp³-hybridized carbons (Fsp3) is 0.800. The largest absolute Gasteiger partial charge is 2.00 e. The molecule has 0 aromatic heterocycles. The zero-order valence-corrected chi connectivity index (χ0v) is 11.9. The number of carbonyl (C=O) groups is 2. The Morgan fingerprint density at radius 1 is 0.842 bits per heavy atom. The van der Waals surface area contributed by atoms with Crippen molar-refractivity contribution < 1.29 is 52.2 Å².